The van der Waals surface area contributed by atoms with E-state index in [2.05, 4.69) is 20.9 Å². The Bertz CT molecular complexity index is 584. The van der Waals surface area contributed by atoms with Crippen molar-refractivity contribution < 1.29 is 14.6 Å². The Labute approximate surface area is 112 Å². The Balaban J connectivity index is 2.61. The number of aromatic carboxylic acids is 1. The number of ether oxygens (including phenoxy) is 1. The first kappa shape index (κ1) is 12.6. The van der Waals surface area contributed by atoms with Crippen LogP contribution in [0, 0.1) is 0 Å². The highest BCUT2D eigenvalue weighted by Gasteiger charge is 2.17. The van der Waals surface area contributed by atoms with Crippen LogP contribution in [-0.4, -0.2) is 23.2 Å². The van der Waals surface area contributed by atoms with E-state index in [9.17, 15) is 4.79 Å². The number of hydrogen-bond donors (Lipinski definition) is 1. The Morgan fingerprint density at radius 2 is 2.00 bits per heavy atom. The molecule has 0 bridgehead atoms. The summed E-state index contributed by atoms with van der Waals surface area (Å²) in [6, 6.07) is 11.0. The van der Waals surface area contributed by atoms with E-state index in [1.54, 1.807) is 0 Å². The lowest BCUT2D eigenvalue weighted by Crippen LogP contribution is -2.03. The van der Waals surface area contributed by atoms with Crippen LogP contribution in [0.3, 0.4) is 0 Å². The second-order valence-electron chi connectivity index (χ2n) is 3.55. The van der Waals surface area contributed by atoms with Crippen molar-refractivity contribution in [1.29, 1.82) is 0 Å². The summed E-state index contributed by atoms with van der Waals surface area (Å²) in [6.07, 6.45) is 0. The smallest absolute Gasteiger partial charge is 0.341 e. The zero-order valence-corrected chi connectivity index (χ0v) is 11.1. The number of pyridine rings is 1. The van der Waals surface area contributed by atoms with Crippen molar-refractivity contribution in [1.82, 2.24) is 4.98 Å². The minimum Gasteiger partial charge on any atom is -0.480 e. The van der Waals surface area contributed by atoms with Crippen LogP contribution in [0.2, 0.25) is 0 Å². The van der Waals surface area contributed by atoms with Crippen molar-refractivity contribution in [3.05, 3.63) is 46.4 Å². The van der Waals surface area contributed by atoms with Crippen molar-refractivity contribution in [3.63, 3.8) is 0 Å². The molecule has 4 nitrogen and oxygen atoms in total. The number of hydrogen-bond acceptors (Lipinski definition) is 3. The summed E-state index contributed by atoms with van der Waals surface area (Å²) in [7, 11) is 1.40. The van der Waals surface area contributed by atoms with E-state index in [1.807, 2.05) is 30.3 Å². The Kier molecular flexibility index (Phi) is 3.62. The molecule has 5 heteroatoms. The van der Waals surface area contributed by atoms with Gasteiger partial charge in [0.15, 0.2) is 0 Å². The number of methoxy groups -OCH3 is 1. The van der Waals surface area contributed by atoms with Gasteiger partial charge < -0.3 is 9.84 Å². The Morgan fingerprint density at radius 1 is 1.33 bits per heavy atom. The van der Waals surface area contributed by atoms with Gasteiger partial charge in [-0.15, -0.1) is 0 Å². The highest BCUT2D eigenvalue weighted by molar-refractivity contribution is 9.10. The van der Waals surface area contributed by atoms with Gasteiger partial charge in [-0.3, -0.25) is 0 Å². The molecule has 92 valence electrons. The van der Waals surface area contributed by atoms with Gasteiger partial charge in [0.1, 0.15) is 5.56 Å². The molecule has 0 saturated heterocycles. The number of nitrogens with zero attached hydrogens (tertiary/aromatic N) is 1. The molecular weight excluding hydrogens is 298 g/mol. The number of aromatic nitrogens is 1. The van der Waals surface area contributed by atoms with Gasteiger partial charge in [-0.2, -0.15) is 0 Å². The molecule has 0 saturated carbocycles. The molecule has 1 aromatic heterocycles. The minimum atomic E-state index is -1.07. The number of carbonyl (C=O) groups is 1. The molecule has 0 amide bonds. The van der Waals surface area contributed by atoms with Gasteiger partial charge in [0, 0.05) is 10.0 Å². The lowest BCUT2D eigenvalue weighted by molar-refractivity contribution is 0.0692. The molecule has 0 aliphatic rings. The summed E-state index contributed by atoms with van der Waals surface area (Å²) in [4.78, 5) is 15.3. The first-order chi connectivity index (χ1) is 8.63. The molecule has 0 fully saturated rings. The van der Waals surface area contributed by atoms with Gasteiger partial charge in [-0.1, -0.05) is 30.3 Å². The summed E-state index contributed by atoms with van der Waals surface area (Å²) >= 11 is 3.33. The van der Waals surface area contributed by atoms with Gasteiger partial charge in [-0.25, -0.2) is 9.78 Å². The molecule has 0 unspecified atom stereocenters. The summed E-state index contributed by atoms with van der Waals surface area (Å²) in [5, 5.41) is 9.04. The fourth-order valence-corrected chi connectivity index (χ4v) is 2.13. The average molecular weight is 308 g/mol. The zero-order valence-electron chi connectivity index (χ0n) is 9.55. The van der Waals surface area contributed by atoms with Crippen LogP contribution in [-0.2, 0) is 0 Å². The van der Waals surface area contributed by atoms with Crippen LogP contribution in [0.15, 0.2) is 40.9 Å². The second-order valence-corrected chi connectivity index (χ2v) is 4.40. The molecule has 0 atom stereocenters. The summed E-state index contributed by atoms with van der Waals surface area (Å²) in [5.41, 5.74) is 1.57. The quantitative estimate of drug-likeness (QED) is 0.946. The number of rotatable bonds is 3. The lowest BCUT2D eigenvalue weighted by atomic mass is 10.1. The molecule has 1 aromatic carbocycles. The third-order valence-corrected chi connectivity index (χ3v) is 3.02. The van der Waals surface area contributed by atoms with Crippen molar-refractivity contribution in [3.8, 4) is 17.1 Å². The molecule has 0 radical (unpaired) electrons. The normalized spacial score (nSPS) is 10.1. The fraction of sp³-hybridized carbons (Fsp3) is 0.0769. The summed E-state index contributed by atoms with van der Waals surface area (Å²) in [5.74, 6) is -0.968. The van der Waals surface area contributed by atoms with E-state index in [1.165, 1.54) is 13.2 Å². The standard InChI is InChI=1S/C13H10BrNO3/c1-18-12-9(13(16)17)7-10(14)11(15-12)8-5-3-2-4-6-8/h2-7H,1H3,(H,16,17). The van der Waals surface area contributed by atoms with Gasteiger partial charge >= 0.3 is 5.97 Å². The van der Waals surface area contributed by atoms with Gasteiger partial charge in [-0.05, 0) is 22.0 Å². The molecule has 0 aliphatic carbocycles. The fourth-order valence-electron chi connectivity index (χ4n) is 1.58. The maximum absolute atomic E-state index is 11.0. The predicted molar refractivity (Wildman–Crippen MR) is 70.9 cm³/mol. The first-order valence-electron chi connectivity index (χ1n) is 5.16. The van der Waals surface area contributed by atoms with Crippen LogP contribution in [0.25, 0.3) is 11.3 Å². The third-order valence-electron chi connectivity index (χ3n) is 2.41. The van der Waals surface area contributed by atoms with Crippen LogP contribution in [0.5, 0.6) is 5.88 Å². The monoisotopic (exact) mass is 307 g/mol. The van der Waals surface area contributed by atoms with Crippen molar-refractivity contribution in [2.24, 2.45) is 0 Å². The second kappa shape index (κ2) is 5.18. The molecule has 2 rings (SSSR count). The topological polar surface area (TPSA) is 59.4 Å². The molecule has 0 spiro atoms. The van der Waals surface area contributed by atoms with E-state index < -0.39 is 5.97 Å². The number of benzene rings is 1. The zero-order chi connectivity index (χ0) is 13.1. The van der Waals surface area contributed by atoms with E-state index in [0.717, 1.165) is 5.56 Å². The molecule has 0 aliphatic heterocycles. The highest BCUT2D eigenvalue weighted by Crippen LogP contribution is 2.31. The molecule has 2 aromatic rings. The summed E-state index contributed by atoms with van der Waals surface area (Å²) in [6.45, 7) is 0. The third kappa shape index (κ3) is 2.36. The van der Waals surface area contributed by atoms with E-state index in [4.69, 9.17) is 9.84 Å². The maximum Gasteiger partial charge on any atom is 0.341 e. The summed E-state index contributed by atoms with van der Waals surface area (Å²) < 4.78 is 5.63. The van der Waals surface area contributed by atoms with Gasteiger partial charge in [0.25, 0.3) is 0 Å². The van der Waals surface area contributed by atoms with Gasteiger partial charge in [0.2, 0.25) is 5.88 Å². The molecule has 1 heterocycles. The van der Waals surface area contributed by atoms with Crippen molar-refractivity contribution in [2.75, 3.05) is 7.11 Å². The van der Waals surface area contributed by atoms with Crippen LogP contribution in [0.1, 0.15) is 10.4 Å². The first-order valence-corrected chi connectivity index (χ1v) is 5.96. The van der Waals surface area contributed by atoms with Gasteiger partial charge in [0.05, 0.1) is 12.8 Å². The van der Waals surface area contributed by atoms with Crippen molar-refractivity contribution in [2.45, 2.75) is 0 Å². The van der Waals surface area contributed by atoms with E-state index >= 15 is 0 Å². The highest BCUT2D eigenvalue weighted by atomic mass is 79.9. The lowest BCUT2D eigenvalue weighted by Gasteiger charge is -2.09. The van der Waals surface area contributed by atoms with E-state index in [0.29, 0.717) is 10.2 Å². The predicted octanol–water partition coefficient (Wildman–Crippen LogP) is 3.22. The molecule has 18 heavy (non-hydrogen) atoms. The maximum atomic E-state index is 11.0. The number of carboxylic acid groups (broad SMARTS) is 1. The van der Waals surface area contributed by atoms with Crippen LogP contribution >= 0.6 is 15.9 Å². The molecule has 1 N–H and O–H groups in total. The Hall–Kier alpha value is -1.88. The minimum absolute atomic E-state index is 0.0315. The van der Waals surface area contributed by atoms with E-state index in [-0.39, 0.29) is 11.4 Å². The largest absolute Gasteiger partial charge is 0.480 e. The number of carboxylic acids is 1. The average Bonchev–Trinajstić information content (AvgIpc) is 2.39. The molecular formula is C13H10BrNO3. The Morgan fingerprint density at radius 3 is 2.56 bits per heavy atom. The number of halogens is 1. The van der Waals surface area contributed by atoms with Crippen LogP contribution < -0.4 is 4.74 Å². The van der Waals surface area contributed by atoms with Crippen LogP contribution in [0.4, 0.5) is 0 Å². The SMILES string of the molecule is COc1nc(-c2ccccc2)c(Br)cc1C(=O)O. The van der Waals surface area contributed by atoms with Crippen molar-refractivity contribution >= 4 is 21.9 Å².